The topological polar surface area (TPSA) is 30.0 Å². The van der Waals surface area contributed by atoms with Crippen molar-refractivity contribution in [2.24, 2.45) is 0 Å². The Labute approximate surface area is 136 Å². The van der Waals surface area contributed by atoms with Crippen LogP contribution in [0.1, 0.15) is 37.5 Å². The van der Waals surface area contributed by atoms with Crippen molar-refractivity contribution in [3.63, 3.8) is 0 Å². The molecule has 0 spiro atoms. The lowest BCUT2D eigenvalue weighted by atomic mass is 9.87. The molecule has 0 aliphatic carbocycles. The third-order valence-electron chi connectivity index (χ3n) is 3.41. The molecule has 6 heteroatoms. The van der Waals surface area contributed by atoms with E-state index in [4.69, 9.17) is 0 Å². The van der Waals surface area contributed by atoms with Gasteiger partial charge in [0.05, 0.1) is 22.1 Å². The van der Waals surface area contributed by atoms with Gasteiger partial charge in [0.25, 0.3) is 0 Å². The molecule has 0 bridgehead atoms. The standard InChI is InChI=1S/C17H18F3NOS/c1-16(2,3)13-6-4-12(5-7-13)11-23(22)15-9-8-14(10-21-15)17(18,19)20/h4-10H,11H2,1-3H3. The van der Waals surface area contributed by atoms with Crippen molar-refractivity contribution in [1.29, 1.82) is 0 Å². The first-order valence-corrected chi connectivity index (χ1v) is 8.40. The van der Waals surface area contributed by atoms with E-state index in [0.29, 0.717) is 0 Å². The molecule has 2 nitrogen and oxygen atoms in total. The second kappa shape index (κ2) is 6.43. The molecular weight excluding hydrogens is 323 g/mol. The maximum Gasteiger partial charge on any atom is 0.417 e. The molecule has 0 aliphatic rings. The summed E-state index contributed by atoms with van der Waals surface area (Å²) in [5.74, 6) is 0.225. The number of benzene rings is 1. The lowest BCUT2D eigenvalue weighted by Crippen LogP contribution is -2.11. The van der Waals surface area contributed by atoms with E-state index in [-0.39, 0.29) is 16.2 Å². The fraction of sp³-hybridized carbons (Fsp3) is 0.353. The SMILES string of the molecule is CC(C)(C)c1ccc(CS(=O)c2ccc(C(F)(F)F)cn2)cc1. The predicted octanol–water partition coefficient (Wildman–Crippen LogP) is 4.71. The first-order valence-electron chi connectivity index (χ1n) is 7.08. The summed E-state index contributed by atoms with van der Waals surface area (Å²) in [7, 11) is -1.48. The number of hydrogen-bond donors (Lipinski definition) is 0. The molecule has 0 amide bonds. The van der Waals surface area contributed by atoms with Gasteiger partial charge >= 0.3 is 6.18 Å². The van der Waals surface area contributed by atoms with Gasteiger partial charge in [0.1, 0.15) is 5.03 Å². The Morgan fingerprint density at radius 2 is 1.52 bits per heavy atom. The van der Waals surface area contributed by atoms with E-state index >= 15 is 0 Å². The van der Waals surface area contributed by atoms with Crippen molar-refractivity contribution < 1.29 is 17.4 Å². The second-order valence-electron chi connectivity index (χ2n) is 6.32. The van der Waals surface area contributed by atoms with Crippen molar-refractivity contribution in [3.05, 3.63) is 59.3 Å². The maximum atomic E-state index is 12.5. The van der Waals surface area contributed by atoms with Gasteiger partial charge in [-0.15, -0.1) is 0 Å². The van der Waals surface area contributed by atoms with Crippen LogP contribution in [0.2, 0.25) is 0 Å². The van der Waals surface area contributed by atoms with E-state index in [1.165, 1.54) is 11.6 Å². The van der Waals surface area contributed by atoms with Crippen LogP contribution in [0.4, 0.5) is 13.2 Å². The highest BCUT2D eigenvalue weighted by Gasteiger charge is 2.30. The van der Waals surface area contributed by atoms with Crippen LogP contribution in [-0.2, 0) is 28.1 Å². The van der Waals surface area contributed by atoms with E-state index in [9.17, 15) is 17.4 Å². The van der Waals surface area contributed by atoms with Gasteiger partial charge in [0.15, 0.2) is 0 Å². The highest BCUT2D eigenvalue weighted by Crippen LogP contribution is 2.29. The molecule has 0 aliphatic heterocycles. The van der Waals surface area contributed by atoms with E-state index in [2.05, 4.69) is 25.8 Å². The molecule has 0 saturated carbocycles. The van der Waals surface area contributed by atoms with E-state index < -0.39 is 22.5 Å². The highest BCUT2D eigenvalue weighted by atomic mass is 32.2. The van der Waals surface area contributed by atoms with E-state index in [0.717, 1.165) is 17.8 Å². The van der Waals surface area contributed by atoms with Crippen molar-refractivity contribution in [2.45, 2.75) is 43.1 Å². The van der Waals surface area contributed by atoms with Crippen molar-refractivity contribution in [1.82, 2.24) is 4.98 Å². The third kappa shape index (κ3) is 4.64. The minimum absolute atomic E-state index is 0.0344. The molecule has 1 heterocycles. The summed E-state index contributed by atoms with van der Waals surface area (Å²) >= 11 is 0. The molecule has 2 aromatic rings. The van der Waals surface area contributed by atoms with Gasteiger partial charge in [-0.3, -0.25) is 4.21 Å². The first kappa shape index (κ1) is 17.7. The van der Waals surface area contributed by atoms with Gasteiger partial charge in [-0.2, -0.15) is 13.2 Å². The molecule has 1 aromatic carbocycles. The fourth-order valence-electron chi connectivity index (χ4n) is 2.01. The Balaban J connectivity index is 2.10. The summed E-state index contributed by atoms with van der Waals surface area (Å²) in [5, 5.41) is 0.151. The molecule has 2 rings (SSSR count). The quantitative estimate of drug-likeness (QED) is 0.809. The number of rotatable bonds is 3. The molecule has 1 aromatic heterocycles. The van der Waals surface area contributed by atoms with Crippen LogP contribution in [0, 0.1) is 0 Å². The molecule has 0 fully saturated rings. The van der Waals surface area contributed by atoms with Crippen molar-refractivity contribution in [2.75, 3.05) is 0 Å². The van der Waals surface area contributed by atoms with Crippen LogP contribution >= 0.6 is 0 Å². The molecular formula is C17H18F3NOS. The number of aromatic nitrogens is 1. The van der Waals surface area contributed by atoms with Crippen LogP contribution in [0.5, 0.6) is 0 Å². The van der Waals surface area contributed by atoms with E-state index in [1.807, 2.05) is 24.3 Å². The van der Waals surface area contributed by atoms with Crippen LogP contribution in [0.25, 0.3) is 0 Å². The number of halogens is 3. The van der Waals surface area contributed by atoms with Crippen LogP contribution < -0.4 is 0 Å². The first-order chi connectivity index (χ1) is 10.6. The summed E-state index contributed by atoms with van der Waals surface area (Å²) < 4.78 is 49.7. The predicted molar refractivity (Wildman–Crippen MR) is 84.5 cm³/mol. The third-order valence-corrected chi connectivity index (χ3v) is 4.72. The van der Waals surface area contributed by atoms with Crippen LogP contribution in [0.3, 0.4) is 0 Å². The van der Waals surface area contributed by atoms with Gasteiger partial charge in [-0.05, 0) is 28.7 Å². The normalized spacial score (nSPS) is 13.8. The summed E-state index contributed by atoms with van der Waals surface area (Å²) in [5.41, 5.74) is 1.22. The highest BCUT2D eigenvalue weighted by molar-refractivity contribution is 7.84. The fourth-order valence-corrected chi connectivity index (χ4v) is 3.04. The van der Waals surface area contributed by atoms with Crippen molar-refractivity contribution >= 4 is 10.8 Å². The zero-order valence-corrected chi connectivity index (χ0v) is 14.0. The average molecular weight is 341 g/mol. The Bertz CT molecular complexity index is 686. The minimum Gasteiger partial charge on any atom is -0.252 e. The Morgan fingerprint density at radius 1 is 0.957 bits per heavy atom. The minimum atomic E-state index is -4.43. The van der Waals surface area contributed by atoms with Crippen LogP contribution in [0.15, 0.2) is 47.6 Å². The van der Waals surface area contributed by atoms with Crippen molar-refractivity contribution in [3.8, 4) is 0 Å². The van der Waals surface area contributed by atoms with Gasteiger partial charge in [-0.25, -0.2) is 4.98 Å². The lowest BCUT2D eigenvalue weighted by Gasteiger charge is -2.19. The zero-order chi connectivity index (χ0) is 17.3. The summed E-state index contributed by atoms with van der Waals surface area (Å²) in [6.07, 6.45) is -3.72. The molecule has 23 heavy (non-hydrogen) atoms. The van der Waals surface area contributed by atoms with Gasteiger partial charge in [0.2, 0.25) is 0 Å². The molecule has 124 valence electrons. The zero-order valence-electron chi connectivity index (χ0n) is 13.1. The summed E-state index contributed by atoms with van der Waals surface area (Å²) in [4.78, 5) is 3.68. The molecule has 0 N–H and O–H groups in total. The molecule has 0 radical (unpaired) electrons. The number of alkyl halides is 3. The largest absolute Gasteiger partial charge is 0.417 e. The van der Waals surface area contributed by atoms with Crippen LogP contribution in [-0.4, -0.2) is 9.19 Å². The summed E-state index contributed by atoms with van der Waals surface area (Å²) in [6, 6.07) is 9.82. The monoisotopic (exact) mass is 341 g/mol. The Morgan fingerprint density at radius 3 is 1.96 bits per heavy atom. The number of hydrogen-bond acceptors (Lipinski definition) is 2. The second-order valence-corrected chi connectivity index (χ2v) is 7.72. The maximum absolute atomic E-state index is 12.5. The Kier molecular flexibility index (Phi) is 4.94. The average Bonchev–Trinajstić information content (AvgIpc) is 2.46. The van der Waals surface area contributed by atoms with Gasteiger partial charge in [-0.1, -0.05) is 45.0 Å². The molecule has 0 saturated heterocycles. The Hall–Kier alpha value is -1.69. The van der Waals surface area contributed by atoms with Gasteiger partial charge < -0.3 is 0 Å². The lowest BCUT2D eigenvalue weighted by molar-refractivity contribution is -0.137. The number of pyridine rings is 1. The number of nitrogens with zero attached hydrogens (tertiary/aromatic N) is 1. The van der Waals surface area contributed by atoms with Gasteiger partial charge in [0, 0.05) is 6.20 Å². The van der Waals surface area contributed by atoms with E-state index in [1.54, 1.807) is 0 Å². The molecule has 1 unspecified atom stereocenters. The smallest absolute Gasteiger partial charge is 0.252 e. The summed E-state index contributed by atoms with van der Waals surface area (Å²) in [6.45, 7) is 6.31. The molecule has 1 atom stereocenters.